The highest BCUT2D eigenvalue weighted by atomic mass is 79.9. The topological polar surface area (TPSA) is 24.1 Å². The van der Waals surface area contributed by atoms with Crippen LogP contribution >= 0.6 is 51.3 Å². The van der Waals surface area contributed by atoms with E-state index in [0.717, 1.165) is 4.47 Å². The van der Waals surface area contributed by atoms with Crippen molar-refractivity contribution < 1.29 is 0 Å². The fourth-order valence-electron chi connectivity index (χ4n) is 1.07. The molecule has 0 bridgehead atoms. The van der Waals surface area contributed by atoms with Gasteiger partial charge in [-0.25, -0.2) is 0 Å². The minimum atomic E-state index is 0.257. The number of nitrogens with one attached hydrogen (secondary N) is 2. The van der Waals surface area contributed by atoms with Crippen molar-refractivity contribution in [3.05, 3.63) is 26.7 Å². The zero-order chi connectivity index (χ0) is 12.3. The quantitative estimate of drug-likeness (QED) is 0.777. The molecule has 0 saturated heterocycles. The molecule has 2 N–H and O–H groups in total. The molecular formula is C10H11BrCl2N2S. The first kappa shape index (κ1) is 14.0. The van der Waals surface area contributed by atoms with Crippen LogP contribution in [0.2, 0.25) is 10.0 Å². The Labute approximate surface area is 119 Å². The molecule has 16 heavy (non-hydrogen) atoms. The Bertz CT molecular complexity index is 387. The maximum atomic E-state index is 6.05. The van der Waals surface area contributed by atoms with Crippen LogP contribution in [0.5, 0.6) is 0 Å². The number of hydrogen-bond donors (Lipinski definition) is 2. The molecule has 0 spiro atoms. The molecule has 0 aliphatic heterocycles. The Hall–Kier alpha value is -0.0300. The number of anilines is 1. The third-order valence-electron chi connectivity index (χ3n) is 1.67. The molecule has 0 heterocycles. The lowest BCUT2D eigenvalue weighted by Crippen LogP contribution is -2.34. The van der Waals surface area contributed by atoms with E-state index in [9.17, 15) is 0 Å². The highest BCUT2D eigenvalue weighted by Crippen LogP contribution is 2.33. The van der Waals surface area contributed by atoms with E-state index in [1.54, 1.807) is 12.1 Å². The van der Waals surface area contributed by atoms with Gasteiger partial charge in [-0.3, -0.25) is 0 Å². The van der Waals surface area contributed by atoms with Crippen LogP contribution in [0.4, 0.5) is 5.69 Å². The summed E-state index contributed by atoms with van der Waals surface area (Å²) in [6.07, 6.45) is 0. The minimum absolute atomic E-state index is 0.257. The van der Waals surface area contributed by atoms with E-state index in [0.29, 0.717) is 20.8 Å². The Balaban J connectivity index is 2.85. The number of halogens is 3. The van der Waals surface area contributed by atoms with Crippen LogP contribution in [0, 0.1) is 0 Å². The van der Waals surface area contributed by atoms with E-state index >= 15 is 0 Å². The van der Waals surface area contributed by atoms with Crippen molar-refractivity contribution in [2.45, 2.75) is 19.9 Å². The van der Waals surface area contributed by atoms with Gasteiger partial charge in [0.1, 0.15) is 0 Å². The van der Waals surface area contributed by atoms with Crippen LogP contribution in [0.1, 0.15) is 13.8 Å². The van der Waals surface area contributed by atoms with Gasteiger partial charge in [0.25, 0.3) is 0 Å². The molecule has 1 aromatic rings. The lowest BCUT2D eigenvalue weighted by molar-refractivity contribution is 0.739. The minimum Gasteiger partial charge on any atom is -0.360 e. The van der Waals surface area contributed by atoms with Crippen LogP contribution in [0.25, 0.3) is 0 Å². The highest BCUT2D eigenvalue weighted by molar-refractivity contribution is 9.10. The summed E-state index contributed by atoms with van der Waals surface area (Å²) in [5, 5.41) is 7.57. The average Bonchev–Trinajstić information content (AvgIpc) is 2.09. The molecule has 0 aliphatic carbocycles. The number of thiocarbonyl (C=S) groups is 1. The maximum absolute atomic E-state index is 6.05. The monoisotopic (exact) mass is 340 g/mol. The summed E-state index contributed by atoms with van der Waals surface area (Å²) in [4.78, 5) is 0. The molecule has 88 valence electrons. The van der Waals surface area contributed by atoms with E-state index < -0.39 is 0 Å². The second kappa shape index (κ2) is 6.05. The van der Waals surface area contributed by atoms with Crippen molar-refractivity contribution in [2.24, 2.45) is 0 Å². The molecule has 2 nitrogen and oxygen atoms in total. The summed E-state index contributed by atoms with van der Waals surface area (Å²) in [6, 6.07) is 3.77. The Morgan fingerprint density at radius 1 is 1.31 bits per heavy atom. The Morgan fingerprint density at radius 3 is 2.25 bits per heavy atom. The molecule has 0 atom stereocenters. The fourth-order valence-corrected chi connectivity index (χ4v) is 2.71. The van der Waals surface area contributed by atoms with Gasteiger partial charge in [-0.15, -0.1) is 0 Å². The molecule has 1 rings (SSSR count). The van der Waals surface area contributed by atoms with E-state index in [1.165, 1.54) is 0 Å². The van der Waals surface area contributed by atoms with E-state index in [2.05, 4.69) is 26.6 Å². The van der Waals surface area contributed by atoms with Crippen LogP contribution in [0.3, 0.4) is 0 Å². The molecule has 0 fully saturated rings. The molecule has 1 aromatic carbocycles. The summed E-state index contributed by atoms with van der Waals surface area (Å²) < 4.78 is 0.829. The molecule has 0 amide bonds. The molecule has 0 aromatic heterocycles. The SMILES string of the molecule is CC(C)NC(=S)Nc1c(Cl)cc(Br)cc1Cl. The predicted molar refractivity (Wildman–Crippen MR) is 78.7 cm³/mol. The van der Waals surface area contributed by atoms with Gasteiger partial charge in [-0.2, -0.15) is 0 Å². The summed E-state index contributed by atoms with van der Waals surface area (Å²) >= 11 is 20.5. The van der Waals surface area contributed by atoms with E-state index in [4.69, 9.17) is 35.4 Å². The molecular weight excluding hydrogens is 331 g/mol. The van der Waals surface area contributed by atoms with Crippen molar-refractivity contribution >= 4 is 62.1 Å². The number of hydrogen-bond acceptors (Lipinski definition) is 1. The third-order valence-corrected chi connectivity index (χ3v) is 2.94. The smallest absolute Gasteiger partial charge is 0.171 e. The first-order valence-electron chi connectivity index (χ1n) is 4.62. The summed E-state index contributed by atoms with van der Waals surface area (Å²) in [6.45, 7) is 4.00. The van der Waals surface area contributed by atoms with Crippen LogP contribution in [-0.2, 0) is 0 Å². The summed E-state index contributed by atoms with van der Waals surface area (Å²) in [7, 11) is 0. The van der Waals surface area contributed by atoms with Gasteiger partial charge in [-0.05, 0) is 38.2 Å². The molecule has 0 aliphatic rings. The Kier molecular flexibility index (Phi) is 5.31. The van der Waals surface area contributed by atoms with Gasteiger partial charge < -0.3 is 10.6 Å². The summed E-state index contributed by atoms with van der Waals surface area (Å²) in [5.41, 5.74) is 0.615. The normalized spacial score (nSPS) is 10.4. The van der Waals surface area contributed by atoms with Crippen LogP contribution in [0.15, 0.2) is 16.6 Å². The molecule has 0 unspecified atom stereocenters. The van der Waals surface area contributed by atoms with Gasteiger partial charge in [0.05, 0.1) is 15.7 Å². The average molecular weight is 342 g/mol. The molecule has 0 radical (unpaired) electrons. The third kappa shape index (κ3) is 4.09. The maximum Gasteiger partial charge on any atom is 0.171 e. The van der Waals surface area contributed by atoms with Crippen LogP contribution < -0.4 is 10.6 Å². The van der Waals surface area contributed by atoms with Crippen molar-refractivity contribution in [2.75, 3.05) is 5.32 Å². The van der Waals surface area contributed by atoms with E-state index in [1.807, 2.05) is 13.8 Å². The second-order valence-corrected chi connectivity index (χ2v) is 5.64. The zero-order valence-corrected chi connectivity index (χ0v) is 12.7. The standard InChI is InChI=1S/C10H11BrCl2N2S/c1-5(2)14-10(16)15-9-7(12)3-6(11)4-8(9)13/h3-5H,1-2H3,(H2,14,15,16). The van der Waals surface area contributed by atoms with Crippen molar-refractivity contribution in [3.8, 4) is 0 Å². The lowest BCUT2D eigenvalue weighted by atomic mass is 10.3. The van der Waals surface area contributed by atoms with Crippen molar-refractivity contribution in [1.29, 1.82) is 0 Å². The summed E-state index contributed by atoms with van der Waals surface area (Å²) in [5.74, 6) is 0. The first-order valence-corrected chi connectivity index (χ1v) is 6.58. The number of benzene rings is 1. The van der Waals surface area contributed by atoms with Gasteiger partial charge in [0, 0.05) is 10.5 Å². The van der Waals surface area contributed by atoms with Gasteiger partial charge in [0.2, 0.25) is 0 Å². The molecule has 0 saturated carbocycles. The van der Waals surface area contributed by atoms with Gasteiger partial charge >= 0.3 is 0 Å². The van der Waals surface area contributed by atoms with Gasteiger partial charge in [-0.1, -0.05) is 39.1 Å². The zero-order valence-electron chi connectivity index (χ0n) is 8.77. The predicted octanol–water partition coefficient (Wildman–Crippen LogP) is 4.45. The largest absolute Gasteiger partial charge is 0.360 e. The van der Waals surface area contributed by atoms with Crippen LogP contribution in [-0.4, -0.2) is 11.2 Å². The lowest BCUT2D eigenvalue weighted by Gasteiger charge is -2.15. The molecule has 6 heteroatoms. The second-order valence-electron chi connectivity index (χ2n) is 3.50. The fraction of sp³-hybridized carbons (Fsp3) is 0.300. The van der Waals surface area contributed by atoms with Crippen molar-refractivity contribution in [1.82, 2.24) is 5.32 Å². The first-order chi connectivity index (χ1) is 7.40. The number of rotatable bonds is 2. The Morgan fingerprint density at radius 2 is 1.81 bits per heavy atom. The van der Waals surface area contributed by atoms with E-state index in [-0.39, 0.29) is 6.04 Å². The van der Waals surface area contributed by atoms with Gasteiger partial charge in [0.15, 0.2) is 5.11 Å². The van der Waals surface area contributed by atoms with Crippen molar-refractivity contribution in [3.63, 3.8) is 0 Å². The highest BCUT2D eigenvalue weighted by Gasteiger charge is 2.09.